The molecule has 0 radical (unpaired) electrons. The maximum Gasteiger partial charge on any atom is 0.331 e. The minimum absolute atomic E-state index is 0.000949. The topological polar surface area (TPSA) is 43.4 Å². The van der Waals surface area contributed by atoms with E-state index < -0.39 is 0 Å². The van der Waals surface area contributed by atoms with Gasteiger partial charge in [-0.25, -0.2) is 4.79 Å². The first-order chi connectivity index (χ1) is 12.9. The van der Waals surface area contributed by atoms with Crippen molar-refractivity contribution in [3.8, 4) is 0 Å². The smallest absolute Gasteiger partial charge is 0.331 e. The Morgan fingerprint density at radius 1 is 1.22 bits per heavy atom. The van der Waals surface area contributed by atoms with E-state index in [0.717, 1.165) is 43.1 Å². The van der Waals surface area contributed by atoms with Crippen molar-refractivity contribution < 1.29 is 14.3 Å². The van der Waals surface area contributed by atoms with Crippen molar-refractivity contribution >= 4 is 18.3 Å². The van der Waals surface area contributed by atoms with Gasteiger partial charge in [-0.3, -0.25) is 4.79 Å². The molecule has 4 atom stereocenters. The molecule has 27 heavy (non-hydrogen) atoms. The van der Waals surface area contributed by atoms with Gasteiger partial charge in [0.2, 0.25) is 0 Å². The standard InChI is InChI=1S/C24H30O3/c1-17(2)20-13-15-24(3)14-7-10-19(16-25)22(24)23(20)27-21(26)12-11-18-8-5-4-6-9-18/h4-6,8-12,16-17,20,22-23H,7,13-15H2,1-3H3/b12-11+/t20-,22+,23+,24+/m0/s1. The molecule has 144 valence electrons. The summed E-state index contributed by atoms with van der Waals surface area (Å²) in [4.78, 5) is 24.4. The second-order valence-corrected chi connectivity index (χ2v) is 8.58. The number of hydrogen-bond donors (Lipinski definition) is 0. The number of aldehydes is 1. The number of benzene rings is 1. The molecule has 0 amide bonds. The molecule has 3 nitrogen and oxygen atoms in total. The zero-order valence-corrected chi connectivity index (χ0v) is 16.6. The summed E-state index contributed by atoms with van der Waals surface area (Å²) in [7, 11) is 0. The van der Waals surface area contributed by atoms with Gasteiger partial charge < -0.3 is 4.74 Å². The number of allylic oxidation sites excluding steroid dienone is 1. The lowest BCUT2D eigenvalue weighted by atomic mass is 9.55. The fourth-order valence-electron chi connectivity index (χ4n) is 4.92. The molecule has 0 N–H and O–H groups in total. The molecule has 0 unspecified atom stereocenters. The highest BCUT2D eigenvalue weighted by Crippen LogP contribution is 2.54. The summed E-state index contributed by atoms with van der Waals surface area (Å²) in [6.07, 6.45) is 10.2. The Balaban J connectivity index is 1.84. The highest BCUT2D eigenvalue weighted by molar-refractivity contribution is 5.87. The van der Waals surface area contributed by atoms with Crippen molar-refractivity contribution in [1.82, 2.24) is 0 Å². The van der Waals surface area contributed by atoms with Gasteiger partial charge in [0.25, 0.3) is 0 Å². The van der Waals surface area contributed by atoms with Crippen LogP contribution >= 0.6 is 0 Å². The molecule has 1 aromatic carbocycles. The van der Waals surface area contributed by atoms with Gasteiger partial charge >= 0.3 is 5.97 Å². The van der Waals surface area contributed by atoms with Crippen LogP contribution in [0.15, 0.2) is 48.1 Å². The Kier molecular flexibility index (Phi) is 5.98. The number of esters is 1. The fourth-order valence-corrected chi connectivity index (χ4v) is 4.92. The minimum Gasteiger partial charge on any atom is -0.458 e. The molecule has 1 aromatic rings. The molecule has 1 saturated carbocycles. The second kappa shape index (κ2) is 8.24. The maximum atomic E-state index is 12.6. The number of ether oxygens (including phenoxy) is 1. The largest absolute Gasteiger partial charge is 0.458 e. The van der Waals surface area contributed by atoms with Crippen LogP contribution in [0.1, 0.15) is 52.0 Å². The van der Waals surface area contributed by atoms with Crippen molar-refractivity contribution in [2.24, 2.45) is 23.2 Å². The monoisotopic (exact) mass is 366 g/mol. The quantitative estimate of drug-likeness (QED) is 0.408. The molecule has 0 heterocycles. The van der Waals surface area contributed by atoms with Gasteiger partial charge in [0.15, 0.2) is 0 Å². The third-order valence-corrected chi connectivity index (χ3v) is 6.46. The molecule has 0 saturated heterocycles. The Hall–Kier alpha value is -2.16. The molecule has 3 heteroatoms. The molecule has 1 fully saturated rings. The zero-order valence-electron chi connectivity index (χ0n) is 16.6. The van der Waals surface area contributed by atoms with E-state index in [4.69, 9.17) is 4.74 Å². The van der Waals surface area contributed by atoms with Crippen molar-refractivity contribution in [1.29, 1.82) is 0 Å². The van der Waals surface area contributed by atoms with E-state index >= 15 is 0 Å². The van der Waals surface area contributed by atoms with E-state index in [2.05, 4.69) is 20.8 Å². The number of hydrogen-bond acceptors (Lipinski definition) is 3. The lowest BCUT2D eigenvalue weighted by molar-refractivity contribution is -0.159. The Bertz CT molecular complexity index is 731. The molecule has 2 aliphatic carbocycles. The highest BCUT2D eigenvalue weighted by atomic mass is 16.5. The first kappa shape index (κ1) is 19.6. The normalized spacial score (nSPS) is 30.7. The SMILES string of the molecule is CC(C)[C@@H]1CC[C@@]2(C)CCC=C(C=O)[C@@H]2[C@@H]1OC(=O)/C=C/c1ccccc1. The lowest BCUT2D eigenvalue weighted by Gasteiger charge is -2.51. The predicted molar refractivity (Wildman–Crippen MR) is 108 cm³/mol. The summed E-state index contributed by atoms with van der Waals surface area (Å²) in [5.41, 5.74) is 1.82. The van der Waals surface area contributed by atoms with Crippen LogP contribution in [-0.4, -0.2) is 18.4 Å². The van der Waals surface area contributed by atoms with Crippen LogP contribution in [-0.2, 0) is 14.3 Å². The molecule has 0 bridgehead atoms. The van der Waals surface area contributed by atoms with Gasteiger partial charge in [-0.15, -0.1) is 0 Å². The van der Waals surface area contributed by atoms with Gasteiger partial charge in [0, 0.05) is 12.0 Å². The summed E-state index contributed by atoms with van der Waals surface area (Å²) >= 11 is 0. The van der Waals surface area contributed by atoms with Crippen LogP contribution in [0.25, 0.3) is 6.08 Å². The number of carbonyl (C=O) groups excluding carboxylic acids is 2. The van der Waals surface area contributed by atoms with Crippen molar-refractivity contribution in [2.75, 3.05) is 0 Å². The molecular formula is C24H30O3. The van der Waals surface area contributed by atoms with Crippen LogP contribution in [0.4, 0.5) is 0 Å². The molecule has 3 rings (SSSR count). The first-order valence-electron chi connectivity index (χ1n) is 10.0. The van der Waals surface area contributed by atoms with Crippen LogP contribution in [0, 0.1) is 23.2 Å². The summed E-state index contributed by atoms with van der Waals surface area (Å²) < 4.78 is 6.03. The van der Waals surface area contributed by atoms with Gasteiger partial charge in [0.1, 0.15) is 12.4 Å². The maximum absolute atomic E-state index is 12.6. The minimum atomic E-state index is -0.324. The summed E-state index contributed by atoms with van der Waals surface area (Å²) in [6.45, 7) is 6.62. The van der Waals surface area contributed by atoms with E-state index in [1.165, 1.54) is 6.08 Å². The van der Waals surface area contributed by atoms with E-state index in [9.17, 15) is 9.59 Å². The zero-order chi connectivity index (χ0) is 19.4. The number of rotatable bonds is 5. The first-order valence-corrected chi connectivity index (χ1v) is 10.0. The van der Waals surface area contributed by atoms with Gasteiger partial charge in [0.05, 0.1) is 0 Å². The summed E-state index contributed by atoms with van der Waals surface area (Å²) in [5, 5.41) is 0. The highest BCUT2D eigenvalue weighted by Gasteiger charge is 2.51. The van der Waals surface area contributed by atoms with Gasteiger partial charge in [-0.1, -0.05) is 57.2 Å². The van der Waals surface area contributed by atoms with Crippen LogP contribution in [0.3, 0.4) is 0 Å². The van der Waals surface area contributed by atoms with Crippen LogP contribution < -0.4 is 0 Å². The van der Waals surface area contributed by atoms with E-state index in [0.29, 0.717) is 5.92 Å². The van der Waals surface area contributed by atoms with E-state index in [-0.39, 0.29) is 29.3 Å². The Morgan fingerprint density at radius 2 is 1.96 bits per heavy atom. The van der Waals surface area contributed by atoms with Crippen LogP contribution in [0.2, 0.25) is 0 Å². The van der Waals surface area contributed by atoms with E-state index in [1.54, 1.807) is 6.08 Å². The third kappa shape index (κ3) is 4.23. The number of fused-ring (bicyclic) bond motifs is 1. The average molecular weight is 367 g/mol. The van der Waals surface area contributed by atoms with Crippen LogP contribution in [0.5, 0.6) is 0 Å². The van der Waals surface area contributed by atoms with Gasteiger partial charge in [-0.2, -0.15) is 0 Å². The molecule has 0 spiro atoms. The molecule has 2 aliphatic rings. The van der Waals surface area contributed by atoms with Crippen molar-refractivity contribution in [3.63, 3.8) is 0 Å². The Labute approximate surface area is 162 Å². The van der Waals surface area contributed by atoms with Gasteiger partial charge in [-0.05, 0) is 60.1 Å². The lowest BCUT2D eigenvalue weighted by Crippen LogP contribution is -2.50. The molecule has 0 aromatic heterocycles. The summed E-state index contributed by atoms with van der Waals surface area (Å²) in [5.74, 6) is 0.354. The average Bonchev–Trinajstić information content (AvgIpc) is 2.66. The van der Waals surface area contributed by atoms with E-state index in [1.807, 2.05) is 36.4 Å². The molecule has 0 aliphatic heterocycles. The van der Waals surface area contributed by atoms with Crippen molar-refractivity contribution in [3.05, 3.63) is 53.6 Å². The molecular weight excluding hydrogens is 336 g/mol. The summed E-state index contributed by atoms with van der Waals surface area (Å²) in [6, 6.07) is 9.73. The predicted octanol–water partition coefficient (Wildman–Crippen LogP) is 5.22. The fraction of sp³-hybridized carbons (Fsp3) is 0.500. The van der Waals surface area contributed by atoms with Crippen molar-refractivity contribution in [2.45, 2.75) is 52.6 Å². The Morgan fingerprint density at radius 3 is 2.63 bits per heavy atom. The third-order valence-electron chi connectivity index (χ3n) is 6.46. The number of carbonyl (C=O) groups is 2. The second-order valence-electron chi connectivity index (χ2n) is 8.58.